The Balaban J connectivity index is 1.84. The van der Waals surface area contributed by atoms with Gasteiger partial charge < -0.3 is 9.84 Å². The van der Waals surface area contributed by atoms with Crippen LogP contribution in [0.15, 0.2) is 0 Å². The van der Waals surface area contributed by atoms with Crippen molar-refractivity contribution in [2.75, 3.05) is 19.7 Å². The molecule has 4 nitrogen and oxygen atoms in total. The number of carboxylic acids is 1. The van der Waals surface area contributed by atoms with Crippen molar-refractivity contribution in [3.63, 3.8) is 0 Å². The summed E-state index contributed by atoms with van der Waals surface area (Å²) >= 11 is 0. The van der Waals surface area contributed by atoms with Crippen LogP contribution in [0, 0.1) is 5.41 Å². The predicted molar refractivity (Wildman–Crippen MR) is 74.2 cm³/mol. The summed E-state index contributed by atoms with van der Waals surface area (Å²) in [6.45, 7) is 6.88. The van der Waals surface area contributed by atoms with Gasteiger partial charge >= 0.3 is 5.97 Å². The number of hydrogen-bond acceptors (Lipinski definition) is 3. The molecule has 0 amide bonds. The van der Waals surface area contributed by atoms with E-state index in [0.717, 1.165) is 45.4 Å². The Kier molecular flexibility index (Phi) is 4.85. The zero-order chi connectivity index (χ0) is 13.9. The van der Waals surface area contributed by atoms with Crippen LogP contribution in [-0.4, -0.2) is 47.8 Å². The maximum atomic E-state index is 11.5. The third-order valence-corrected chi connectivity index (χ3v) is 4.60. The fourth-order valence-corrected chi connectivity index (χ4v) is 3.62. The molecule has 0 aromatic rings. The minimum Gasteiger partial charge on any atom is -0.480 e. The average molecular weight is 269 g/mol. The highest BCUT2D eigenvalue weighted by Gasteiger charge is 2.42. The van der Waals surface area contributed by atoms with Crippen molar-refractivity contribution < 1.29 is 14.6 Å². The van der Waals surface area contributed by atoms with E-state index in [1.807, 2.05) is 0 Å². The fourth-order valence-electron chi connectivity index (χ4n) is 3.62. The van der Waals surface area contributed by atoms with Gasteiger partial charge in [-0.3, -0.25) is 9.69 Å². The molecule has 110 valence electrons. The summed E-state index contributed by atoms with van der Waals surface area (Å²) in [4.78, 5) is 13.7. The van der Waals surface area contributed by atoms with Crippen molar-refractivity contribution in [3.8, 4) is 0 Å². The highest BCUT2D eigenvalue weighted by atomic mass is 16.5. The largest absolute Gasteiger partial charge is 0.480 e. The molecule has 1 N–H and O–H groups in total. The van der Waals surface area contributed by atoms with Gasteiger partial charge in [-0.25, -0.2) is 0 Å². The lowest BCUT2D eigenvalue weighted by molar-refractivity contribution is -0.150. The lowest BCUT2D eigenvalue weighted by Gasteiger charge is -2.44. The number of nitrogens with zero attached hydrogens (tertiary/aromatic N) is 1. The van der Waals surface area contributed by atoms with Crippen LogP contribution in [0.2, 0.25) is 0 Å². The van der Waals surface area contributed by atoms with Gasteiger partial charge in [-0.2, -0.15) is 0 Å². The second kappa shape index (κ2) is 6.23. The summed E-state index contributed by atoms with van der Waals surface area (Å²) in [5, 5.41) is 9.49. The van der Waals surface area contributed by atoms with Gasteiger partial charge in [0.15, 0.2) is 0 Å². The van der Waals surface area contributed by atoms with Crippen LogP contribution in [0.5, 0.6) is 0 Å². The van der Waals surface area contributed by atoms with Gasteiger partial charge in [0.25, 0.3) is 0 Å². The van der Waals surface area contributed by atoms with Crippen molar-refractivity contribution in [2.45, 2.75) is 64.5 Å². The lowest BCUT2D eigenvalue weighted by Crippen LogP contribution is -2.54. The summed E-state index contributed by atoms with van der Waals surface area (Å²) in [6.07, 6.45) is 7.00. The lowest BCUT2D eigenvalue weighted by atomic mass is 9.76. The minimum absolute atomic E-state index is 0.117. The Morgan fingerprint density at radius 1 is 1.42 bits per heavy atom. The normalized spacial score (nSPS) is 31.5. The smallest absolute Gasteiger partial charge is 0.321 e. The molecule has 0 saturated carbocycles. The van der Waals surface area contributed by atoms with Crippen LogP contribution in [-0.2, 0) is 9.53 Å². The SMILES string of the molecule is CC1(C)CCCN(CCCC2CCCO2)C1C(=O)O. The standard InChI is InChI=1S/C15H27NO3/c1-15(2)8-5-10-16(13(15)14(17)18)9-3-6-12-7-4-11-19-12/h12-13H,3-11H2,1-2H3,(H,17,18). The maximum absolute atomic E-state index is 11.5. The molecule has 0 aromatic carbocycles. The Morgan fingerprint density at radius 3 is 2.84 bits per heavy atom. The molecule has 2 rings (SSSR count). The number of ether oxygens (including phenoxy) is 1. The number of likely N-dealkylation sites (tertiary alicyclic amines) is 1. The quantitative estimate of drug-likeness (QED) is 0.833. The van der Waals surface area contributed by atoms with E-state index in [0.29, 0.717) is 6.10 Å². The number of carbonyl (C=O) groups is 1. The van der Waals surface area contributed by atoms with Crippen LogP contribution in [0.1, 0.15) is 52.4 Å². The first-order valence-electron chi connectivity index (χ1n) is 7.59. The number of piperidine rings is 1. The van der Waals surface area contributed by atoms with Crippen LogP contribution < -0.4 is 0 Å². The highest BCUT2D eigenvalue weighted by Crippen LogP contribution is 2.35. The van der Waals surface area contributed by atoms with E-state index in [2.05, 4.69) is 18.7 Å². The van der Waals surface area contributed by atoms with Crippen molar-refractivity contribution >= 4 is 5.97 Å². The molecule has 2 aliphatic rings. The first-order valence-corrected chi connectivity index (χ1v) is 7.59. The molecule has 2 aliphatic heterocycles. The van der Waals surface area contributed by atoms with Crippen LogP contribution in [0.3, 0.4) is 0 Å². The molecule has 0 aliphatic carbocycles. The zero-order valence-corrected chi connectivity index (χ0v) is 12.2. The van der Waals surface area contributed by atoms with Gasteiger partial charge in [-0.05, 0) is 57.0 Å². The van der Waals surface area contributed by atoms with Crippen LogP contribution in [0.4, 0.5) is 0 Å². The molecule has 0 aromatic heterocycles. The number of carboxylic acid groups (broad SMARTS) is 1. The molecule has 2 atom stereocenters. The number of hydrogen-bond donors (Lipinski definition) is 1. The van der Waals surface area contributed by atoms with Gasteiger partial charge in [0.1, 0.15) is 6.04 Å². The second-order valence-corrected chi connectivity index (χ2v) is 6.65. The van der Waals surface area contributed by atoms with Crippen molar-refractivity contribution in [1.29, 1.82) is 0 Å². The molecule has 0 spiro atoms. The molecule has 0 bridgehead atoms. The average Bonchev–Trinajstić information content (AvgIpc) is 2.80. The van der Waals surface area contributed by atoms with E-state index in [-0.39, 0.29) is 11.5 Å². The third-order valence-electron chi connectivity index (χ3n) is 4.60. The summed E-state index contributed by atoms with van der Waals surface area (Å²) < 4.78 is 5.62. The monoisotopic (exact) mass is 269 g/mol. The summed E-state index contributed by atoms with van der Waals surface area (Å²) in [7, 11) is 0. The zero-order valence-electron chi connectivity index (χ0n) is 12.2. The van der Waals surface area contributed by atoms with Gasteiger partial charge in [-0.15, -0.1) is 0 Å². The Hall–Kier alpha value is -0.610. The van der Waals surface area contributed by atoms with Gasteiger partial charge in [0.2, 0.25) is 0 Å². The minimum atomic E-state index is -0.665. The Morgan fingerprint density at radius 2 is 2.21 bits per heavy atom. The summed E-state index contributed by atoms with van der Waals surface area (Å²) in [5.74, 6) is -0.665. The molecule has 2 saturated heterocycles. The Bertz CT molecular complexity index is 311. The second-order valence-electron chi connectivity index (χ2n) is 6.65. The molecule has 19 heavy (non-hydrogen) atoms. The molecule has 2 fully saturated rings. The van der Waals surface area contributed by atoms with Crippen molar-refractivity contribution in [3.05, 3.63) is 0 Å². The molecular formula is C15H27NO3. The van der Waals surface area contributed by atoms with Crippen LogP contribution in [0.25, 0.3) is 0 Å². The topological polar surface area (TPSA) is 49.8 Å². The molecule has 2 unspecified atom stereocenters. The molecule has 0 radical (unpaired) electrons. The van der Waals surface area contributed by atoms with Crippen LogP contribution >= 0.6 is 0 Å². The number of rotatable bonds is 5. The van der Waals surface area contributed by atoms with Crippen molar-refractivity contribution in [2.24, 2.45) is 5.41 Å². The van der Waals surface area contributed by atoms with E-state index in [1.54, 1.807) is 0 Å². The fraction of sp³-hybridized carbons (Fsp3) is 0.933. The van der Waals surface area contributed by atoms with E-state index >= 15 is 0 Å². The molecule has 2 heterocycles. The van der Waals surface area contributed by atoms with Crippen molar-refractivity contribution in [1.82, 2.24) is 4.90 Å². The predicted octanol–water partition coefficient (Wildman–Crippen LogP) is 2.52. The maximum Gasteiger partial charge on any atom is 0.321 e. The summed E-state index contributed by atoms with van der Waals surface area (Å²) in [5.41, 5.74) is -0.117. The molecule has 4 heteroatoms. The number of aliphatic carboxylic acids is 1. The van der Waals surface area contributed by atoms with E-state index in [4.69, 9.17) is 4.74 Å². The highest BCUT2D eigenvalue weighted by molar-refractivity contribution is 5.74. The Labute approximate surface area is 116 Å². The van der Waals surface area contributed by atoms with Gasteiger partial charge in [-0.1, -0.05) is 13.8 Å². The summed E-state index contributed by atoms with van der Waals surface area (Å²) in [6, 6.07) is -0.328. The van der Waals surface area contributed by atoms with E-state index < -0.39 is 5.97 Å². The first-order chi connectivity index (χ1) is 9.00. The van der Waals surface area contributed by atoms with E-state index in [1.165, 1.54) is 12.8 Å². The van der Waals surface area contributed by atoms with E-state index in [9.17, 15) is 9.90 Å². The van der Waals surface area contributed by atoms with Gasteiger partial charge in [0, 0.05) is 6.61 Å². The third kappa shape index (κ3) is 3.69. The molecular weight excluding hydrogens is 242 g/mol. The first kappa shape index (κ1) is 14.8. The van der Waals surface area contributed by atoms with Gasteiger partial charge in [0.05, 0.1) is 6.10 Å².